The number of nitrogens with zero attached hydrogens (tertiary/aromatic N) is 3. The van der Waals surface area contributed by atoms with Crippen molar-refractivity contribution < 1.29 is 9.15 Å². The molecule has 0 unspecified atom stereocenters. The number of benzene rings is 8. The van der Waals surface area contributed by atoms with E-state index in [1.54, 1.807) is 0 Å². The first-order valence-electron chi connectivity index (χ1n) is 16.0. The quantitative estimate of drug-likeness (QED) is 0.186. The van der Waals surface area contributed by atoms with E-state index < -0.39 is 0 Å². The largest absolute Gasteiger partial charge is 0.456 e. The first kappa shape index (κ1) is 25.6. The van der Waals surface area contributed by atoms with Gasteiger partial charge in [0.25, 0.3) is 0 Å². The zero-order valence-electron chi connectivity index (χ0n) is 25.4. The van der Waals surface area contributed by atoms with Crippen molar-refractivity contribution in [3.63, 3.8) is 0 Å². The topological polar surface area (TPSA) is 61.0 Å². The van der Waals surface area contributed by atoms with Crippen LogP contribution >= 0.6 is 0 Å². The molecule has 0 atom stereocenters. The van der Waals surface area contributed by atoms with E-state index in [2.05, 4.69) is 78.9 Å². The summed E-state index contributed by atoms with van der Waals surface area (Å²) < 4.78 is 13.1. The van der Waals surface area contributed by atoms with E-state index in [1.807, 2.05) is 60.7 Å². The van der Waals surface area contributed by atoms with Crippen LogP contribution in [-0.2, 0) is 0 Å². The van der Waals surface area contributed by atoms with E-state index in [0.717, 1.165) is 77.1 Å². The highest BCUT2D eigenvalue weighted by Crippen LogP contribution is 2.50. The number of rotatable bonds is 3. The summed E-state index contributed by atoms with van der Waals surface area (Å²) in [6.45, 7) is 0. The number of hydrogen-bond acceptors (Lipinski definition) is 5. The second-order valence-corrected chi connectivity index (χ2v) is 12.4. The summed E-state index contributed by atoms with van der Waals surface area (Å²) in [7, 11) is 0. The zero-order chi connectivity index (χ0) is 31.3. The molecule has 10 aromatic rings. The molecular weight excluding hydrogens is 590 g/mol. The SMILES string of the molecule is c1ccc(-c2nc(-c3ccc4oc5cc6ccccc6cc5c4c3)nc(-c3ccc4ccc5ccc6cccc7c6c5c4c3O7)n2)cc1. The van der Waals surface area contributed by atoms with E-state index in [9.17, 15) is 0 Å². The third kappa shape index (κ3) is 3.64. The van der Waals surface area contributed by atoms with Gasteiger partial charge in [-0.25, -0.2) is 15.0 Å². The minimum atomic E-state index is 0.558. The lowest BCUT2D eigenvalue weighted by Gasteiger charge is -2.22. The van der Waals surface area contributed by atoms with Gasteiger partial charge in [-0.05, 0) is 69.4 Å². The fraction of sp³-hybridized carbons (Fsp3) is 0. The molecule has 0 N–H and O–H groups in total. The number of aromatic nitrogens is 3. The molecule has 1 aliphatic heterocycles. The van der Waals surface area contributed by atoms with E-state index in [0.29, 0.717) is 17.5 Å². The molecule has 222 valence electrons. The van der Waals surface area contributed by atoms with Crippen LogP contribution in [0.15, 0.2) is 144 Å². The first-order chi connectivity index (χ1) is 23.7. The standard InChI is InChI=1S/C43H23N3O2/c1-2-7-27(8-3-1)41-44-42(30-18-20-34-32(22-30)33-21-28-9-4-5-10-29(28)23-36(33)47-34)46-43(45-41)31-19-17-26-16-15-25-14-13-24-11-6-12-35-37(24)38(25)39(26)40(31)48-35/h1-23H. The van der Waals surface area contributed by atoms with E-state index in [-0.39, 0.29) is 0 Å². The average molecular weight is 614 g/mol. The molecule has 8 aromatic carbocycles. The fourth-order valence-corrected chi connectivity index (χ4v) is 7.36. The van der Waals surface area contributed by atoms with Gasteiger partial charge in [0.05, 0.1) is 5.56 Å². The van der Waals surface area contributed by atoms with E-state index in [4.69, 9.17) is 24.1 Å². The van der Waals surface area contributed by atoms with Crippen LogP contribution in [0.2, 0.25) is 0 Å². The summed E-state index contributed by atoms with van der Waals surface area (Å²) in [5, 5.41) is 11.3. The Morgan fingerprint density at radius 1 is 0.396 bits per heavy atom. The molecule has 48 heavy (non-hydrogen) atoms. The van der Waals surface area contributed by atoms with Crippen LogP contribution in [0.1, 0.15) is 0 Å². The predicted octanol–water partition coefficient (Wildman–Crippen LogP) is 11.5. The summed E-state index contributed by atoms with van der Waals surface area (Å²) in [4.78, 5) is 15.3. The summed E-state index contributed by atoms with van der Waals surface area (Å²) in [5.41, 5.74) is 4.30. The smallest absolute Gasteiger partial charge is 0.167 e. The summed E-state index contributed by atoms with van der Waals surface area (Å²) >= 11 is 0. The van der Waals surface area contributed by atoms with Crippen molar-refractivity contribution in [3.05, 3.63) is 140 Å². The van der Waals surface area contributed by atoms with Gasteiger partial charge in [0.15, 0.2) is 17.5 Å². The molecule has 5 nitrogen and oxygen atoms in total. The molecule has 0 saturated heterocycles. The highest BCUT2D eigenvalue weighted by Gasteiger charge is 2.24. The lowest BCUT2D eigenvalue weighted by atomic mass is 9.92. The normalized spacial score (nSPS) is 12.3. The Hall–Kier alpha value is -6.59. The number of hydrogen-bond donors (Lipinski definition) is 0. The van der Waals surface area contributed by atoms with Crippen molar-refractivity contribution in [2.24, 2.45) is 0 Å². The monoisotopic (exact) mass is 613 g/mol. The molecular formula is C43H23N3O2. The average Bonchev–Trinajstić information content (AvgIpc) is 3.50. The Morgan fingerprint density at radius 2 is 1.04 bits per heavy atom. The molecule has 0 amide bonds. The zero-order valence-corrected chi connectivity index (χ0v) is 25.4. The Balaban J connectivity index is 1.17. The van der Waals surface area contributed by atoms with Crippen LogP contribution in [0.25, 0.3) is 99.2 Å². The number of furan rings is 1. The van der Waals surface area contributed by atoms with Crippen molar-refractivity contribution in [1.29, 1.82) is 0 Å². The van der Waals surface area contributed by atoms with Crippen LogP contribution in [0.3, 0.4) is 0 Å². The molecule has 2 aromatic heterocycles. The molecule has 1 aliphatic rings. The van der Waals surface area contributed by atoms with Crippen LogP contribution in [0, 0.1) is 0 Å². The van der Waals surface area contributed by atoms with Crippen molar-refractivity contribution in [2.75, 3.05) is 0 Å². The maximum absolute atomic E-state index is 6.78. The molecule has 0 radical (unpaired) electrons. The summed E-state index contributed by atoms with van der Waals surface area (Å²) in [5.74, 6) is 3.35. The lowest BCUT2D eigenvalue weighted by molar-refractivity contribution is 0.494. The minimum Gasteiger partial charge on any atom is -0.456 e. The highest BCUT2D eigenvalue weighted by molar-refractivity contribution is 6.26. The van der Waals surface area contributed by atoms with Crippen molar-refractivity contribution in [2.45, 2.75) is 0 Å². The summed E-state index contributed by atoms with van der Waals surface area (Å²) in [6.07, 6.45) is 0. The molecule has 11 rings (SSSR count). The van der Waals surface area contributed by atoms with Gasteiger partial charge in [-0.1, -0.05) is 97.1 Å². The van der Waals surface area contributed by atoms with Gasteiger partial charge >= 0.3 is 0 Å². The fourth-order valence-electron chi connectivity index (χ4n) is 7.36. The van der Waals surface area contributed by atoms with E-state index in [1.165, 1.54) is 16.2 Å². The molecule has 0 spiro atoms. The van der Waals surface area contributed by atoms with Gasteiger partial charge in [0, 0.05) is 38.1 Å². The number of fused-ring (bicyclic) bond motifs is 4. The molecule has 5 heteroatoms. The van der Waals surface area contributed by atoms with Gasteiger partial charge in [0.2, 0.25) is 0 Å². The van der Waals surface area contributed by atoms with Crippen LogP contribution in [0.4, 0.5) is 0 Å². The van der Waals surface area contributed by atoms with Crippen LogP contribution < -0.4 is 4.74 Å². The van der Waals surface area contributed by atoms with Gasteiger partial charge in [-0.3, -0.25) is 0 Å². The Kier molecular flexibility index (Phi) is 5.05. The van der Waals surface area contributed by atoms with Gasteiger partial charge < -0.3 is 9.15 Å². The van der Waals surface area contributed by atoms with Gasteiger partial charge in [-0.2, -0.15) is 0 Å². The molecule has 0 fully saturated rings. The summed E-state index contributed by atoms with van der Waals surface area (Å²) in [6, 6.07) is 48.1. The predicted molar refractivity (Wildman–Crippen MR) is 194 cm³/mol. The second-order valence-electron chi connectivity index (χ2n) is 12.4. The lowest BCUT2D eigenvalue weighted by Crippen LogP contribution is -2.03. The maximum atomic E-state index is 6.78. The van der Waals surface area contributed by atoms with Crippen molar-refractivity contribution in [3.8, 4) is 45.7 Å². The van der Waals surface area contributed by atoms with Crippen LogP contribution in [-0.4, -0.2) is 15.0 Å². The Morgan fingerprint density at radius 3 is 1.88 bits per heavy atom. The van der Waals surface area contributed by atoms with Gasteiger partial charge in [0.1, 0.15) is 22.7 Å². The first-order valence-corrected chi connectivity index (χ1v) is 16.0. The molecule has 0 saturated carbocycles. The molecule has 0 aliphatic carbocycles. The third-order valence-corrected chi connectivity index (χ3v) is 9.64. The maximum Gasteiger partial charge on any atom is 0.167 e. The molecule has 0 bridgehead atoms. The Labute approximate surface area is 273 Å². The molecule has 3 heterocycles. The minimum absolute atomic E-state index is 0.558. The number of ether oxygens (including phenoxy) is 1. The highest BCUT2D eigenvalue weighted by atomic mass is 16.5. The van der Waals surface area contributed by atoms with Crippen molar-refractivity contribution >= 4 is 65.0 Å². The van der Waals surface area contributed by atoms with Crippen LogP contribution in [0.5, 0.6) is 11.5 Å². The van der Waals surface area contributed by atoms with Gasteiger partial charge in [-0.15, -0.1) is 0 Å². The second kappa shape index (κ2) is 9.47. The van der Waals surface area contributed by atoms with E-state index >= 15 is 0 Å². The van der Waals surface area contributed by atoms with Crippen molar-refractivity contribution in [1.82, 2.24) is 15.0 Å². The third-order valence-electron chi connectivity index (χ3n) is 9.64. The Bertz CT molecular complexity index is 2980.